The minimum absolute atomic E-state index is 0.00273. The Bertz CT molecular complexity index is 674. The van der Waals surface area contributed by atoms with Crippen LogP contribution in [0.3, 0.4) is 0 Å². The van der Waals surface area contributed by atoms with Gasteiger partial charge in [0.1, 0.15) is 5.69 Å². The van der Waals surface area contributed by atoms with Crippen LogP contribution in [-0.4, -0.2) is 11.5 Å². The summed E-state index contributed by atoms with van der Waals surface area (Å²) in [5.41, 5.74) is 0.548. The third kappa shape index (κ3) is 3.10. The molecular formula is C15H15FN2O3. The largest absolute Gasteiger partial charge is 0.447 e. The van der Waals surface area contributed by atoms with Gasteiger partial charge in [0, 0.05) is 6.54 Å². The van der Waals surface area contributed by atoms with E-state index in [4.69, 9.17) is 4.74 Å². The van der Waals surface area contributed by atoms with Gasteiger partial charge in [-0.3, -0.25) is 10.1 Å². The molecule has 0 amide bonds. The van der Waals surface area contributed by atoms with Crippen LogP contribution >= 0.6 is 0 Å². The topological polar surface area (TPSA) is 64.4 Å². The van der Waals surface area contributed by atoms with Gasteiger partial charge < -0.3 is 10.1 Å². The summed E-state index contributed by atoms with van der Waals surface area (Å²) < 4.78 is 19.4. The van der Waals surface area contributed by atoms with Crippen LogP contribution < -0.4 is 10.1 Å². The Morgan fingerprint density at radius 3 is 2.57 bits per heavy atom. The molecule has 0 radical (unpaired) electrons. The molecular weight excluding hydrogens is 275 g/mol. The second kappa shape index (κ2) is 6.21. The standard InChI is InChI=1S/C15H15FN2O3/c1-3-17-11-7-5-9-13(15(11)18(19)20)21-12-8-4-6-10(2)14(12)16/h4-9,17H,3H2,1-2H3. The average Bonchev–Trinajstić information content (AvgIpc) is 2.44. The van der Waals surface area contributed by atoms with Gasteiger partial charge in [0.25, 0.3) is 0 Å². The molecule has 21 heavy (non-hydrogen) atoms. The van der Waals surface area contributed by atoms with E-state index in [2.05, 4.69) is 5.32 Å². The highest BCUT2D eigenvalue weighted by atomic mass is 19.1. The van der Waals surface area contributed by atoms with Crippen LogP contribution in [0.1, 0.15) is 12.5 Å². The zero-order chi connectivity index (χ0) is 15.4. The fraction of sp³-hybridized carbons (Fsp3) is 0.200. The maximum absolute atomic E-state index is 14.0. The highest BCUT2D eigenvalue weighted by molar-refractivity contribution is 5.69. The molecule has 0 saturated carbocycles. The summed E-state index contributed by atoms with van der Waals surface area (Å²) in [6.45, 7) is 3.96. The summed E-state index contributed by atoms with van der Waals surface area (Å²) in [4.78, 5) is 10.7. The van der Waals surface area contributed by atoms with Crippen molar-refractivity contribution in [2.75, 3.05) is 11.9 Å². The maximum Gasteiger partial charge on any atom is 0.334 e. The number of aryl methyl sites for hydroxylation is 1. The second-order valence-electron chi connectivity index (χ2n) is 4.43. The van der Waals surface area contributed by atoms with Gasteiger partial charge in [0.05, 0.1) is 4.92 Å². The van der Waals surface area contributed by atoms with Crippen LogP contribution in [0.25, 0.3) is 0 Å². The van der Waals surface area contributed by atoms with Crippen molar-refractivity contribution in [3.05, 3.63) is 57.9 Å². The lowest BCUT2D eigenvalue weighted by Gasteiger charge is -2.11. The zero-order valence-corrected chi connectivity index (χ0v) is 11.7. The Morgan fingerprint density at radius 1 is 1.24 bits per heavy atom. The zero-order valence-electron chi connectivity index (χ0n) is 11.7. The molecule has 0 aromatic heterocycles. The van der Waals surface area contributed by atoms with Gasteiger partial charge in [-0.2, -0.15) is 0 Å². The first kappa shape index (κ1) is 14.8. The maximum atomic E-state index is 14.0. The Balaban J connectivity index is 2.46. The van der Waals surface area contributed by atoms with Crippen molar-refractivity contribution in [2.45, 2.75) is 13.8 Å². The molecule has 2 rings (SSSR count). The number of rotatable bonds is 5. The van der Waals surface area contributed by atoms with E-state index in [-0.39, 0.29) is 17.2 Å². The smallest absolute Gasteiger partial charge is 0.334 e. The quantitative estimate of drug-likeness (QED) is 0.660. The summed E-state index contributed by atoms with van der Waals surface area (Å²) in [5.74, 6) is -0.560. The normalized spacial score (nSPS) is 10.2. The van der Waals surface area contributed by atoms with Crippen LogP contribution in [0.2, 0.25) is 0 Å². The molecule has 0 bridgehead atoms. The van der Waals surface area contributed by atoms with E-state index < -0.39 is 10.7 Å². The Labute approximate surface area is 121 Å². The van der Waals surface area contributed by atoms with Gasteiger partial charge in [-0.05, 0) is 37.6 Å². The number of hydrogen-bond acceptors (Lipinski definition) is 4. The number of benzene rings is 2. The second-order valence-corrected chi connectivity index (χ2v) is 4.43. The van der Waals surface area contributed by atoms with Gasteiger partial charge in [0.15, 0.2) is 11.6 Å². The van der Waals surface area contributed by atoms with Crippen molar-refractivity contribution < 1.29 is 14.1 Å². The van der Waals surface area contributed by atoms with Gasteiger partial charge in [-0.1, -0.05) is 18.2 Å². The average molecular weight is 290 g/mol. The summed E-state index contributed by atoms with van der Waals surface area (Å²) in [5, 5.41) is 14.1. The lowest BCUT2D eigenvalue weighted by Crippen LogP contribution is -2.03. The van der Waals surface area contributed by atoms with E-state index in [1.165, 1.54) is 12.1 Å². The minimum Gasteiger partial charge on any atom is -0.447 e. The molecule has 0 aliphatic heterocycles. The third-order valence-electron chi connectivity index (χ3n) is 2.93. The number of para-hydroxylation sites is 1. The number of nitrogens with one attached hydrogen (secondary N) is 1. The first-order valence-corrected chi connectivity index (χ1v) is 6.48. The van der Waals surface area contributed by atoms with Crippen molar-refractivity contribution in [1.29, 1.82) is 0 Å². The van der Waals surface area contributed by atoms with Crippen LogP contribution in [0.15, 0.2) is 36.4 Å². The van der Waals surface area contributed by atoms with E-state index >= 15 is 0 Å². The van der Waals surface area contributed by atoms with Gasteiger partial charge >= 0.3 is 5.69 Å². The number of hydrogen-bond donors (Lipinski definition) is 1. The fourth-order valence-corrected chi connectivity index (χ4v) is 1.94. The molecule has 6 heteroatoms. The first-order valence-electron chi connectivity index (χ1n) is 6.48. The van der Waals surface area contributed by atoms with Crippen LogP contribution in [0, 0.1) is 22.9 Å². The van der Waals surface area contributed by atoms with E-state index in [9.17, 15) is 14.5 Å². The van der Waals surface area contributed by atoms with E-state index in [1.54, 1.807) is 31.2 Å². The molecule has 0 saturated heterocycles. The van der Waals surface area contributed by atoms with E-state index in [0.29, 0.717) is 17.8 Å². The monoisotopic (exact) mass is 290 g/mol. The van der Waals surface area contributed by atoms with Crippen LogP contribution in [-0.2, 0) is 0 Å². The van der Waals surface area contributed by atoms with Crippen molar-refractivity contribution in [3.8, 4) is 11.5 Å². The van der Waals surface area contributed by atoms with Crippen LogP contribution in [0.5, 0.6) is 11.5 Å². The number of nitro groups is 1. The molecule has 2 aromatic carbocycles. The molecule has 0 heterocycles. The first-order chi connectivity index (χ1) is 10.0. The SMILES string of the molecule is CCNc1cccc(Oc2cccc(C)c2F)c1[N+](=O)[O-]. The molecule has 110 valence electrons. The number of nitro benzene ring substituents is 1. The predicted octanol–water partition coefficient (Wildman–Crippen LogP) is 4.27. The van der Waals surface area contributed by atoms with Crippen molar-refractivity contribution in [3.63, 3.8) is 0 Å². The lowest BCUT2D eigenvalue weighted by molar-refractivity contribution is -0.384. The summed E-state index contributed by atoms with van der Waals surface area (Å²) in [7, 11) is 0. The number of nitrogens with zero attached hydrogens (tertiary/aromatic N) is 1. The predicted molar refractivity (Wildman–Crippen MR) is 78.5 cm³/mol. The van der Waals surface area contributed by atoms with Gasteiger partial charge in [0.2, 0.25) is 5.75 Å². The Morgan fingerprint density at radius 2 is 1.90 bits per heavy atom. The summed E-state index contributed by atoms with van der Waals surface area (Å²) in [6.07, 6.45) is 0. The molecule has 1 N–H and O–H groups in total. The third-order valence-corrected chi connectivity index (χ3v) is 2.93. The molecule has 0 fully saturated rings. The van der Waals surface area contributed by atoms with Crippen molar-refractivity contribution in [2.24, 2.45) is 0 Å². The van der Waals surface area contributed by atoms with Crippen molar-refractivity contribution in [1.82, 2.24) is 0 Å². The van der Waals surface area contributed by atoms with E-state index in [1.807, 2.05) is 6.92 Å². The minimum atomic E-state index is -0.541. The van der Waals surface area contributed by atoms with Crippen molar-refractivity contribution >= 4 is 11.4 Å². The number of ether oxygens (including phenoxy) is 1. The molecule has 5 nitrogen and oxygen atoms in total. The molecule has 0 unspecified atom stereocenters. The molecule has 0 aliphatic rings. The fourth-order valence-electron chi connectivity index (χ4n) is 1.94. The number of anilines is 1. The Kier molecular flexibility index (Phi) is 4.37. The molecule has 0 spiro atoms. The van der Waals surface area contributed by atoms with Crippen LogP contribution in [0.4, 0.5) is 15.8 Å². The Hall–Kier alpha value is -2.63. The summed E-state index contributed by atoms with van der Waals surface area (Å²) >= 11 is 0. The highest BCUT2D eigenvalue weighted by Gasteiger charge is 2.22. The number of halogens is 1. The lowest BCUT2D eigenvalue weighted by atomic mass is 10.2. The molecule has 0 aliphatic carbocycles. The molecule has 0 atom stereocenters. The van der Waals surface area contributed by atoms with Gasteiger partial charge in [-0.25, -0.2) is 4.39 Å². The summed E-state index contributed by atoms with van der Waals surface area (Å²) in [6, 6.07) is 9.32. The molecule has 2 aromatic rings. The highest BCUT2D eigenvalue weighted by Crippen LogP contribution is 2.38. The van der Waals surface area contributed by atoms with E-state index in [0.717, 1.165) is 0 Å². The van der Waals surface area contributed by atoms with Gasteiger partial charge in [-0.15, -0.1) is 0 Å².